The van der Waals surface area contributed by atoms with E-state index in [1.54, 1.807) is 17.4 Å². The van der Waals surface area contributed by atoms with Gasteiger partial charge in [-0.1, -0.05) is 30.3 Å². The van der Waals surface area contributed by atoms with Crippen molar-refractivity contribution in [3.63, 3.8) is 0 Å². The average molecular weight is 272 g/mol. The Balaban J connectivity index is 1.85. The van der Waals surface area contributed by atoms with Gasteiger partial charge < -0.3 is 5.11 Å². The largest absolute Gasteiger partial charge is 0.387 e. The highest BCUT2D eigenvalue weighted by Gasteiger charge is 2.12. The smallest absolute Gasteiger partial charge is 0.123 e. The predicted molar refractivity (Wildman–Crippen MR) is 76.9 cm³/mol. The number of halogens is 1. The Kier molecular flexibility index (Phi) is 3.32. The number of aliphatic hydroxyl groups excluding tert-OH is 1. The van der Waals surface area contributed by atoms with Crippen LogP contribution in [0.5, 0.6) is 0 Å². The molecule has 0 saturated heterocycles. The van der Waals surface area contributed by atoms with Crippen LogP contribution in [-0.4, -0.2) is 5.11 Å². The van der Waals surface area contributed by atoms with Gasteiger partial charge in [0.1, 0.15) is 5.82 Å². The van der Waals surface area contributed by atoms with Gasteiger partial charge in [0.2, 0.25) is 0 Å². The molecule has 3 rings (SSSR count). The SMILES string of the molecule is OC(Cc1cccc(F)c1)c1cc2ccccc2s1. The van der Waals surface area contributed by atoms with Crippen LogP contribution in [0, 0.1) is 5.82 Å². The normalized spacial score (nSPS) is 12.7. The van der Waals surface area contributed by atoms with Gasteiger partial charge in [-0.05, 0) is 35.2 Å². The van der Waals surface area contributed by atoms with Crippen LogP contribution in [-0.2, 0) is 6.42 Å². The van der Waals surface area contributed by atoms with Crippen molar-refractivity contribution in [2.75, 3.05) is 0 Å². The zero-order valence-electron chi connectivity index (χ0n) is 10.2. The number of hydrogen-bond donors (Lipinski definition) is 1. The summed E-state index contributed by atoms with van der Waals surface area (Å²) in [4.78, 5) is 0.922. The van der Waals surface area contributed by atoms with Crippen LogP contribution in [0.3, 0.4) is 0 Å². The van der Waals surface area contributed by atoms with Crippen LogP contribution < -0.4 is 0 Å². The van der Waals surface area contributed by atoms with Gasteiger partial charge >= 0.3 is 0 Å². The first-order valence-electron chi connectivity index (χ1n) is 6.13. The molecule has 0 saturated carbocycles. The molecule has 0 aliphatic rings. The first-order valence-corrected chi connectivity index (χ1v) is 6.95. The minimum Gasteiger partial charge on any atom is -0.387 e. The lowest BCUT2D eigenvalue weighted by atomic mass is 10.1. The Labute approximate surface area is 115 Å². The summed E-state index contributed by atoms with van der Waals surface area (Å²) in [5.74, 6) is -0.263. The quantitative estimate of drug-likeness (QED) is 0.753. The van der Waals surface area contributed by atoms with E-state index in [4.69, 9.17) is 0 Å². The number of hydrogen-bond acceptors (Lipinski definition) is 2. The third-order valence-electron chi connectivity index (χ3n) is 3.09. The fourth-order valence-electron chi connectivity index (χ4n) is 2.15. The van der Waals surface area contributed by atoms with Gasteiger partial charge in [-0.3, -0.25) is 0 Å². The molecular weight excluding hydrogens is 259 g/mol. The first-order chi connectivity index (χ1) is 9.22. The number of aliphatic hydroxyl groups is 1. The molecule has 1 nitrogen and oxygen atoms in total. The molecular formula is C16H13FOS. The van der Waals surface area contributed by atoms with Crippen LogP contribution >= 0.6 is 11.3 Å². The minimum atomic E-state index is -0.584. The van der Waals surface area contributed by atoms with Gasteiger partial charge in [-0.25, -0.2) is 4.39 Å². The molecule has 0 aliphatic carbocycles. The van der Waals surface area contributed by atoms with E-state index in [0.717, 1.165) is 20.5 Å². The van der Waals surface area contributed by atoms with Gasteiger partial charge in [-0.2, -0.15) is 0 Å². The molecule has 0 radical (unpaired) electrons. The van der Waals surface area contributed by atoms with E-state index in [-0.39, 0.29) is 5.82 Å². The molecule has 0 fully saturated rings. The van der Waals surface area contributed by atoms with Crippen molar-refractivity contribution in [2.24, 2.45) is 0 Å². The summed E-state index contributed by atoms with van der Waals surface area (Å²) in [6, 6.07) is 16.4. The summed E-state index contributed by atoms with van der Waals surface area (Å²) >= 11 is 1.59. The Hall–Kier alpha value is -1.71. The van der Waals surface area contributed by atoms with Crippen molar-refractivity contribution in [1.29, 1.82) is 0 Å². The highest BCUT2D eigenvalue weighted by molar-refractivity contribution is 7.19. The number of fused-ring (bicyclic) bond motifs is 1. The van der Waals surface area contributed by atoms with E-state index in [9.17, 15) is 9.50 Å². The van der Waals surface area contributed by atoms with Crippen molar-refractivity contribution in [1.82, 2.24) is 0 Å². The molecule has 1 heterocycles. The zero-order chi connectivity index (χ0) is 13.2. The van der Waals surface area contributed by atoms with Crippen LogP contribution in [0.4, 0.5) is 4.39 Å². The Morgan fingerprint density at radius 3 is 2.68 bits per heavy atom. The van der Waals surface area contributed by atoms with Gasteiger partial charge in [-0.15, -0.1) is 11.3 Å². The summed E-state index contributed by atoms with van der Waals surface area (Å²) in [7, 11) is 0. The van der Waals surface area contributed by atoms with E-state index in [0.29, 0.717) is 6.42 Å². The van der Waals surface area contributed by atoms with Crippen molar-refractivity contribution in [2.45, 2.75) is 12.5 Å². The molecule has 3 aromatic rings. The summed E-state index contributed by atoms with van der Waals surface area (Å²) < 4.78 is 14.3. The van der Waals surface area contributed by atoms with E-state index in [1.807, 2.05) is 36.4 Å². The number of rotatable bonds is 3. The lowest BCUT2D eigenvalue weighted by Crippen LogP contribution is -1.99. The molecule has 2 aromatic carbocycles. The topological polar surface area (TPSA) is 20.2 Å². The monoisotopic (exact) mass is 272 g/mol. The molecule has 0 amide bonds. The van der Waals surface area contributed by atoms with Gasteiger partial charge in [0, 0.05) is 16.0 Å². The first kappa shape index (κ1) is 12.3. The standard InChI is InChI=1S/C16H13FOS/c17-13-6-3-4-11(8-13)9-14(18)16-10-12-5-1-2-7-15(12)19-16/h1-8,10,14,18H,9H2. The maximum absolute atomic E-state index is 13.1. The second kappa shape index (κ2) is 5.11. The van der Waals surface area contributed by atoms with E-state index in [2.05, 4.69) is 0 Å². The fraction of sp³-hybridized carbons (Fsp3) is 0.125. The predicted octanol–water partition coefficient (Wildman–Crippen LogP) is 4.32. The van der Waals surface area contributed by atoms with Crippen LogP contribution in [0.25, 0.3) is 10.1 Å². The van der Waals surface area contributed by atoms with Crippen molar-refractivity contribution < 1.29 is 9.50 Å². The Morgan fingerprint density at radius 1 is 1.05 bits per heavy atom. The van der Waals surface area contributed by atoms with Gasteiger partial charge in [0.25, 0.3) is 0 Å². The molecule has 96 valence electrons. The number of thiophene rings is 1. The summed E-state index contributed by atoms with van der Waals surface area (Å²) in [6.07, 6.45) is -0.149. The molecule has 3 heteroatoms. The van der Waals surface area contributed by atoms with Gasteiger partial charge in [0.15, 0.2) is 0 Å². The highest BCUT2D eigenvalue weighted by Crippen LogP contribution is 2.31. The summed E-state index contributed by atoms with van der Waals surface area (Å²) in [5, 5.41) is 11.4. The summed E-state index contributed by atoms with van der Waals surface area (Å²) in [6.45, 7) is 0. The van der Waals surface area contributed by atoms with Gasteiger partial charge in [0.05, 0.1) is 6.10 Å². The third-order valence-corrected chi connectivity index (χ3v) is 4.31. The highest BCUT2D eigenvalue weighted by atomic mass is 32.1. The van der Waals surface area contributed by atoms with Crippen LogP contribution in [0.1, 0.15) is 16.5 Å². The molecule has 0 bridgehead atoms. The van der Waals surface area contributed by atoms with E-state index in [1.165, 1.54) is 12.1 Å². The lowest BCUT2D eigenvalue weighted by molar-refractivity contribution is 0.182. The maximum Gasteiger partial charge on any atom is 0.123 e. The van der Waals surface area contributed by atoms with Crippen LogP contribution in [0.2, 0.25) is 0 Å². The van der Waals surface area contributed by atoms with Crippen molar-refractivity contribution in [3.8, 4) is 0 Å². The molecule has 1 N–H and O–H groups in total. The third kappa shape index (κ3) is 2.67. The molecule has 1 atom stereocenters. The molecule has 19 heavy (non-hydrogen) atoms. The minimum absolute atomic E-state index is 0.263. The lowest BCUT2D eigenvalue weighted by Gasteiger charge is -2.08. The Bertz CT molecular complexity index is 672. The average Bonchev–Trinajstić information content (AvgIpc) is 2.82. The summed E-state index contributed by atoms with van der Waals surface area (Å²) in [5.41, 5.74) is 0.810. The Morgan fingerprint density at radius 2 is 1.89 bits per heavy atom. The molecule has 1 unspecified atom stereocenters. The second-order valence-corrected chi connectivity index (χ2v) is 5.65. The maximum atomic E-state index is 13.1. The fourth-order valence-corrected chi connectivity index (χ4v) is 3.21. The molecule has 0 aliphatic heterocycles. The van der Waals surface area contributed by atoms with E-state index < -0.39 is 6.10 Å². The second-order valence-electron chi connectivity index (χ2n) is 4.54. The van der Waals surface area contributed by atoms with Crippen molar-refractivity contribution >= 4 is 21.4 Å². The molecule has 1 aromatic heterocycles. The molecule has 0 spiro atoms. The zero-order valence-corrected chi connectivity index (χ0v) is 11.0. The number of benzene rings is 2. The van der Waals surface area contributed by atoms with Crippen LogP contribution in [0.15, 0.2) is 54.6 Å². The van der Waals surface area contributed by atoms with E-state index >= 15 is 0 Å². The van der Waals surface area contributed by atoms with Crippen molar-refractivity contribution in [3.05, 3.63) is 70.9 Å².